The molecular weight excluding hydrogens is 314 g/mol. The van der Waals surface area contributed by atoms with Crippen molar-refractivity contribution in [1.82, 2.24) is 0 Å². The van der Waals surface area contributed by atoms with Crippen molar-refractivity contribution in [2.24, 2.45) is 0 Å². The van der Waals surface area contributed by atoms with E-state index < -0.39 is 11.6 Å². The molecule has 0 fully saturated rings. The predicted molar refractivity (Wildman–Crippen MR) is 86.9 cm³/mol. The zero-order chi connectivity index (χ0) is 16.0. The molecule has 1 unspecified atom stereocenters. The fraction of sp³-hybridized carbons (Fsp3) is 0.111. The predicted octanol–water partition coefficient (Wildman–Crippen LogP) is 3.52. The summed E-state index contributed by atoms with van der Waals surface area (Å²) in [6.45, 7) is 0. The Morgan fingerprint density at radius 1 is 1.09 bits per heavy atom. The SMILES string of the molecule is O=C1C=C(c2ccccc2)CC2(O1)C(=O)Nc1ccc(Cl)cc12. The maximum absolute atomic E-state index is 12.6. The zero-order valence-corrected chi connectivity index (χ0v) is 12.8. The van der Waals surface area contributed by atoms with Crippen molar-refractivity contribution in [2.45, 2.75) is 12.0 Å². The lowest BCUT2D eigenvalue weighted by Gasteiger charge is -2.31. The molecule has 1 N–H and O–H groups in total. The summed E-state index contributed by atoms with van der Waals surface area (Å²) in [7, 11) is 0. The molecule has 0 saturated carbocycles. The minimum absolute atomic E-state index is 0.280. The Bertz CT molecular complexity index is 860. The van der Waals surface area contributed by atoms with Gasteiger partial charge in [0.15, 0.2) is 0 Å². The number of amides is 1. The number of esters is 1. The molecule has 1 amide bonds. The molecule has 2 heterocycles. The van der Waals surface area contributed by atoms with E-state index in [1.807, 2.05) is 30.3 Å². The highest BCUT2D eigenvalue weighted by Gasteiger charge is 2.52. The highest BCUT2D eigenvalue weighted by Crippen LogP contribution is 2.47. The summed E-state index contributed by atoms with van der Waals surface area (Å²) in [6.07, 6.45) is 1.72. The van der Waals surface area contributed by atoms with Gasteiger partial charge in [-0.15, -0.1) is 0 Å². The quantitative estimate of drug-likeness (QED) is 0.816. The van der Waals surface area contributed by atoms with Crippen LogP contribution < -0.4 is 5.32 Å². The Morgan fingerprint density at radius 2 is 1.87 bits per heavy atom. The molecule has 2 aliphatic rings. The molecular formula is C18H12ClNO3. The van der Waals surface area contributed by atoms with Crippen molar-refractivity contribution >= 4 is 34.7 Å². The van der Waals surface area contributed by atoms with E-state index in [9.17, 15) is 9.59 Å². The van der Waals surface area contributed by atoms with E-state index in [0.717, 1.165) is 11.1 Å². The lowest BCUT2D eigenvalue weighted by molar-refractivity contribution is -0.163. The van der Waals surface area contributed by atoms with Crippen LogP contribution in [0, 0.1) is 0 Å². The molecule has 23 heavy (non-hydrogen) atoms. The van der Waals surface area contributed by atoms with Gasteiger partial charge in [-0.2, -0.15) is 0 Å². The summed E-state index contributed by atoms with van der Waals surface area (Å²) in [5.74, 6) is -0.872. The average Bonchev–Trinajstić information content (AvgIpc) is 2.80. The van der Waals surface area contributed by atoms with Gasteiger partial charge < -0.3 is 10.1 Å². The third kappa shape index (κ3) is 2.14. The Balaban J connectivity index is 1.85. The molecule has 0 radical (unpaired) electrons. The number of nitrogens with one attached hydrogen (secondary N) is 1. The van der Waals surface area contributed by atoms with Gasteiger partial charge in [0.25, 0.3) is 5.91 Å². The number of carbonyl (C=O) groups is 2. The van der Waals surface area contributed by atoms with Gasteiger partial charge in [0.2, 0.25) is 5.60 Å². The van der Waals surface area contributed by atoms with E-state index in [1.165, 1.54) is 6.08 Å². The van der Waals surface area contributed by atoms with Gasteiger partial charge in [-0.05, 0) is 29.3 Å². The Labute approximate surface area is 137 Å². The summed E-state index contributed by atoms with van der Waals surface area (Å²) in [5.41, 5.74) is 1.54. The Morgan fingerprint density at radius 3 is 2.65 bits per heavy atom. The Hall–Kier alpha value is -2.59. The fourth-order valence-corrected chi connectivity index (χ4v) is 3.29. The number of carbonyl (C=O) groups excluding carboxylic acids is 2. The van der Waals surface area contributed by atoms with Crippen molar-refractivity contribution < 1.29 is 14.3 Å². The van der Waals surface area contributed by atoms with Crippen LogP contribution in [0.2, 0.25) is 5.02 Å². The fourth-order valence-electron chi connectivity index (χ4n) is 3.12. The maximum atomic E-state index is 12.6. The van der Waals surface area contributed by atoms with Crippen LogP contribution in [-0.2, 0) is 19.9 Å². The number of hydrogen-bond acceptors (Lipinski definition) is 3. The normalized spacial score (nSPS) is 22.4. The molecule has 2 aliphatic heterocycles. The number of anilines is 1. The lowest BCUT2D eigenvalue weighted by Crippen LogP contribution is -2.41. The number of hydrogen-bond donors (Lipinski definition) is 1. The summed E-state index contributed by atoms with van der Waals surface area (Å²) >= 11 is 6.07. The third-order valence-electron chi connectivity index (χ3n) is 4.18. The van der Waals surface area contributed by atoms with Gasteiger partial charge in [-0.3, -0.25) is 4.79 Å². The first kappa shape index (κ1) is 14.0. The number of ether oxygens (including phenoxy) is 1. The van der Waals surface area contributed by atoms with Crippen LogP contribution in [0.4, 0.5) is 5.69 Å². The molecule has 114 valence electrons. The molecule has 0 saturated heterocycles. The highest BCUT2D eigenvalue weighted by molar-refractivity contribution is 6.31. The maximum Gasteiger partial charge on any atom is 0.332 e. The van der Waals surface area contributed by atoms with Crippen molar-refractivity contribution in [1.29, 1.82) is 0 Å². The smallest absolute Gasteiger partial charge is 0.332 e. The van der Waals surface area contributed by atoms with Crippen LogP contribution in [0.1, 0.15) is 17.5 Å². The van der Waals surface area contributed by atoms with Gasteiger partial charge in [0.05, 0.1) is 0 Å². The molecule has 2 aromatic rings. The van der Waals surface area contributed by atoms with Crippen molar-refractivity contribution in [3.8, 4) is 0 Å². The van der Waals surface area contributed by atoms with Crippen LogP contribution in [-0.4, -0.2) is 11.9 Å². The standard InChI is InChI=1S/C18H12ClNO3/c19-13-6-7-15-14(9-13)18(17(22)20-15)10-12(8-16(21)23-18)11-4-2-1-3-5-11/h1-9H,10H2,(H,20,22). The molecule has 4 nitrogen and oxygen atoms in total. The van der Waals surface area contributed by atoms with E-state index in [2.05, 4.69) is 5.32 Å². The van der Waals surface area contributed by atoms with Crippen molar-refractivity contribution in [2.75, 3.05) is 5.32 Å². The molecule has 5 heteroatoms. The highest BCUT2D eigenvalue weighted by atomic mass is 35.5. The van der Waals surface area contributed by atoms with E-state index in [0.29, 0.717) is 16.3 Å². The first-order valence-corrected chi connectivity index (χ1v) is 7.57. The first-order valence-electron chi connectivity index (χ1n) is 7.19. The lowest BCUT2D eigenvalue weighted by atomic mass is 9.84. The van der Waals surface area contributed by atoms with E-state index in [1.54, 1.807) is 18.2 Å². The van der Waals surface area contributed by atoms with Gasteiger partial charge >= 0.3 is 5.97 Å². The second-order valence-corrected chi connectivity index (χ2v) is 6.04. The molecule has 4 rings (SSSR count). The molecule has 1 atom stereocenters. The number of fused-ring (bicyclic) bond motifs is 2. The topological polar surface area (TPSA) is 55.4 Å². The summed E-state index contributed by atoms with van der Waals surface area (Å²) < 4.78 is 5.49. The molecule has 0 bridgehead atoms. The first-order chi connectivity index (χ1) is 11.1. The minimum atomic E-state index is -1.35. The largest absolute Gasteiger partial charge is 0.440 e. The summed E-state index contributed by atoms with van der Waals surface area (Å²) in [6, 6.07) is 14.6. The summed E-state index contributed by atoms with van der Waals surface area (Å²) in [4.78, 5) is 24.7. The molecule has 0 aliphatic carbocycles. The van der Waals surface area contributed by atoms with E-state index in [4.69, 9.17) is 16.3 Å². The molecule has 2 aromatic carbocycles. The average molecular weight is 326 g/mol. The van der Waals surface area contributed by atoms with E-state index >= 15 is 0 Å². The van der Waals surface area contributed by atoms with Crippen molar-refractivity contribution in [3.63, 3.8) is 0 Å². The van der Waals surface area contributed by atoms with Crippen LogP contribution in [0.25, 0.3) is 5.57 Å². The Kier molecular flexibility index (Phi) is 3.03. The van der Waals surface area contributed by atoms with Gasteiger partial charge in [-0.25, -0.2) is 4.79 Å². The second-order valence-electron chi connectivity index (χ2n) is 5.60. The van der Waals surface area contributed by atoms with Crippen LogP contribution in [0.15, 0.2) is 54.6 Å². The second kappa shape index (κ2) is 4.96. The van der Waals surface area contributed by atoms with Crippen LogP contribution in [0.5, 0.6) is 0 Å². The molecule has 1 spiro atoms. The van der Waals surface area contributed by atoms with Gasteiger partial charge in [0, 0.05) is 28.8 Å². The monoisotopic (exact) mass is 325 g/mol. The molecule has 0 aromatic heterocycles. The number of halogens is 1. The van der Waals surface area contributed by atoms with Gasteiger partial charge in [0.1, 0.15) is 0 Å². The third-order valence-corrected chi connectivity index (χ3v) is 4.42. The summed E-state index contributed by atoms with van der Waals surface area (Å²) in [5, 5.41) is 3.27. The zero-order valence-electron chi connectivity index (χ0n) is 12.0. The van der Waals surface area contributed by atoms with Gasteiger partial charge in [-0.1, -0.05) is 41.9 Å². The number of rotatable bonds is 1. The van der Waals surface area contributed by atoms with Crippen LogP contribution in [0.3, 0.4) is 0 Å². The van der Waals surface area contributed by atoms with Crippen LogP contribution >= 0.6 is 11.6 Å². The minimum Gasteiger partial charge on any atom is -0.440 e. The van der Waals surface area contributed by atoms with Crippen molar-refractivity contribution in [3.05, 3.63) is 70.8 Å². The van der Waals surface area contributed by atoms with E-state index in [-0.39, 0.29) is 12.3 Å². The number of benzene rings is 2.